The second-order valence-electron chi connectivity index (χ2n) is 1.83. The number of aliphatic carboxylic acids is 1. The number of Topliss-reactive ketones (excluding diaryl/α,β-unsaturated/α-hetero) is 1. The van der Waals surface area contributed by atoms with Gasteiger partial charge in [-0.1, -0.05) is 13.3 Å². The van der Waals surface area contributed by atoms with Crippen LogP contribution in [0.15, 0.2) is 0 Å². The zero-order valence-corrected chi connectivity index (χ0v) is 6.63. The molecule has 3 nitrogen and oxygen atoms in total. The maximum absolute atomic E-state index is 10.3. The van der Waals surface area contributed by atoms with Gasteiger partial charge >= 0.3 is 5.97 Å². The van der Waals surface area contributed by atoms with Crippen molar-refractivity contribution in [1.29, 1.82) is 0 Å². The van der Waals surface area contributed by atoms with Crippen molar-refractivity contribution in [1.82, 2.24) is 0 Å². The molecule has 1 N–H and O–H groups in total. The van der Waals surface area contributed by atoms with E-state index in [-0.39, 0.29) is 23.5 Å². The zero-order chi connectivity index (χ0) is 7.28. The molecule has 0 saturated heterocycles. The molecule has 63 valence electrons. The zero-order valence-electron chi connectivity index (χ0n) is 5.69. The van der Waals surface area contributed by atoms with Gasteiger partial charge in [0.05, 0.1) is 0 Å². The van der Waals surface area contributed by atoms with Crippen LogP contribution in [0.3, 0.4) is 0 Å². The van der Waals surface area contributed by atoms with E-state index >= 15 is 0 Å². The van der Waals surface area contributed by atoms with Crippen LogP contribution in [0, 0.1) is 0 Å². The molecule has 0 aliphatic heterocycles. The van der Waals surface area contributed by atoms with Crippen LogP contribution in [0.5, 0.6) is 0 Å². The van der Waals surface area contributed by atoms with Crippen molar-refractivity contribution in [2.45, 2.75) is 26.2 Å². The maximum atomic E-state index is 10.3. The third kappa shape index (κ3) is 5.79. The van der Waals surface area contributed by atoms with Crippen LogP contribution >= 0.6 is 0 Å². The summed E-state index contributed by atoms with van der Waals surface area (Å²) in [4.78, 5) is 20.2. The molecule has 0 atom stereocenters. The number of ketones is 1. The molecule has 0 bridgehead atoms. The quantitative estimate of drug-likeness (QED) is 0.532. The molecule has 0 amide bonds. The summed E-state index contributed by atoms with van der Waals surface area (Å²) in [5, 5.41) is 8.06. The predicted molar refractivity (Wildman–Crippen MR) is 32.2 cm³/mol. The molecule has 10 heavy (non-hydrogen) atoms. The van der Waals surface area contributed by atoms with E-state index in [9.17, 15) is 9.59 Å². The van der Waals surface area contributed by atoms with Gasteiger partial charge in [0.2, 0.25) is 5.78 Å². The summed E-state index contributed by atoms with van der Waals surface area (Å²) in [6, 6.07) is 0. The van der Waals surface area contributed by atoms with Gasteiger partial charge in [-0.05, 0) is 6.42 Å². The normalized spacial score (nSPS) is 8.10. The van der Waals surface area contributed by atoms with Gasteiger partial charge in [0, 0.05) is 23.5 Å². The maximum Gasteiger partial charge on any atom is 0.372 e. The van der Waals surface area contributed by atoms with Gasteiger partial charge in [-0.3, -0.25) is 4.79 Å². The van der Waals surface area contributed by atoms with Crippen molar-refractivity contribution >= 4 is 11.8 Å². The molecule has 0 spiro atoms. The Hall–Kier alpha value is -0.341. The van der Waals surface area contributed by atoms with Crippen LogP contribution in [0.4, 0.5) is 0 Å². The second kappa shape index (κ2) is 6.77. The van der Waals surface area contributed by atoms with Crippen molar-refractivity contribution in [3.8, 4) is 0 Å². The summed E-state index contributed by atoms with van der Waals surface area (Å²) in [5.74, 6) is -2.00. The number of unbranched alkanes of at least 4 members (excludes halogenated alkanes) is 1. The van der Waals surface area contributed by atoms with E-state index in [1.807, 2.05) is 6.92 Å². The van der Waals surface area contributed by atoms with Crippen molar-refractivity contribution < 1.29 is 31.8 Å². The second-order valence-corrected chi connectivity index (χ2v) is 1.83. The Morgan fingerprint density at radius 2 is 1.90 bits per heavy atom. The minimum absolute atomic E-state index is 0. The number of hydrogen-bond donors (Lipinski definition) is 1. The number of carboxylic acid groups (broad SMARTS) is 1. The Labute approximate surface area is 70.3 Å². The molecule has 0 fully saturated rings. The summed E-state index contributed by atoms with van der Waals surface area (Å²) in [6.07, 6.45) is 1.70. The fraction of sp³-hybridized carbons (Fsp3) is 0.667. The molecule has 1 radical (unpaired) electrons. The average Bonchev–Trinajstić information content (AvgIpc) is 1.82. The molecule has 0 heterocycles. The van der Waals surface area contributed by atoms with Crippen LogP contribution in [-0.4, -0.2) is 16.9 Å². The SMILES string of the molecule is CCCCC(=O)C(=O)O.[Cu]. The van der Waals surface area contributed by atoms with E-state index in [1.165, 1.54) is 0 Å². The third-order valence-electron chi connectivity index (χ3n) is 0.996. The van der Waals surface area contributed by atoms with Crippen molar-refractivity contribution in [3.63, 3.8) is 0 Å². The molecule has 4 heteroatoms. The van der Waals surface area contributed by atoms with Crippen molar-refractivity contribution in [2.75, 3.05) is 0 Å². The Morgan fingerprint density at radius 1 is 1.40 bits per heavy atom. The van der Waals surface area contributed by atoms with Crippen LogP contribution in [0.1, 0.15) is 26.2 Å². The summed E-state index contributed by atoms with van der Waals surface area (Å²) in [6.45, 7) is 1.91. The first kappa shape index (κ1) is 12.3. The van der Waals surface area contributed by atoms with Crippen LogP contribution < -0.4 is 0 Å². The van der Waals surface area contributed by atoms with Gasteiger partial charge in [-0.15, -0.1) is 0 Å². The van der Waals surface area contributed by atoms with E-state index < -0.39 is 11.8 Å². The Morgan fingerprint density at radius 3 is 2.20 bits per heavy atom. The molecule has 0 rings (SSSR count). The van der Waals surface area contributed by atoms with E-state index in [2.05, 4.69) is 0 Å². The summed E-state index contributed by atoms with van der Waals surface area (Å²) >= 11 is 0. The van der Waals surface area contributed by atoms with E-state index in [1.54, 1.807) is 0 Å². The fourth-order valence-electron chi connectivity index (χ4n) is 0.444. The summed E-state index contributed by atoms with van der Waals surface area (Å²) in [5.41, 5.74) is 0. The van der Waals surface area contributed by atoms with Crippen LogP contribution in [0.25, 0.3) is 0 Å². The van der Waals surface area contributed by atoms with Crippen molar-refractivity contribution in [3.05, 3.63) is 0 Å². The predicted octanol–water partition coefficient (Wildman–Crippen LogP) is 0.828. The summed E-state index contributed by atoms with van der Waals surface area (Å²) < 4.78 is 0. The minimum atomic E-state index is -1.32. The van der Waals surface area contributed by atoms with Crippen LogP contribution in [-0.2, 0) is 26.7 Å². The van der Waals surface area contributed by atoms with Gasteiger partial charge < -0.3 is 5.11 Å². The molecular formula is C6H10CuO3. The smallest absolute Gasteiger partial charge is 0.372 e. The first-order valence-corrected chi connectivity index (χ1v) is 2.94. The van der Waals surface area contributed by atoms with Crippen molar-refractivity contribution in [2.24, 2.45) is 0 Å². The Balaban J connectivity index is 0. The largest absolute Gasteiger partial charge is 0.476 e. The standard InChI is InChI=1S/C6H10O3.Cu/c1-2-3-4-5(7)6(8)9;/h2-4H2,1H3,(H,8,9);. The summed E-state index contributed by atoms with van der Waals surface area (Å²) in [7, 11) is 0. The minimum Gasteiger partial charge on any atom is -0.476 e. The Bertz CT molecular complexity index is 122. The topological polar surface area (TPSA) is 54.4 Å². The fourth-order valence-corrected chi connectivity index (χ4v) is 0.444. The van der Waals surface area contributed by atoms with E-state index in [0.717, 1.165) is 6.42 Å². The molecular weight excluding hydrogens is 184 g/mol. The molecule has 0 saturated carbocycles. The number of carbonyl (C=O) groups is 2. The molecule has 0 unspecified atom stereocenters. The third-order valence-corrected chi connectivity index (χ3v) is 0.996. The molecule has 0 aromatic carbocycles. The van der Waals surface area contributed by atoms with Gasteiger partial charge in [0.15, 0.2) is 0 Å². The molecule has 0 aliphatic carbocycles. The molecule has 0 aliphatic rings. The molecule has 0 aromatic heterocycles. The average molecular weight is 194 g/mol. The van der Waals surface area contributed by atoms with Crippen LogP contribution in [0.2, 0.25) is 0 Å². The number of carboxylic acids is 1. The molecule has 0 aromatic rings. The van der Waals surface area contributed by atoms with E-state index in [4.69, 9.17) is 5.11 Å². The number of rotatable bonds is 4. The Kier molecular flexibility index (Phi) is 8.36. The monoisotopic (exact) mass is 193 g/mol. The van der Waals surface area contributed by atoms with Gasteiger partial charge in [0.1, 0.15) is 0 Å². The van der Waals surface area contributed by atoms with Gasteiger partial charge in [-0.25, -0.2) is 4.79 Å². The first-order chi connectivity index (χ1) is 4.18. The first-order valence-electron chi connectivity index (χ1n) is 2.94. The van der Waals surface area contributed by atoms with Gasteiger partial charge in [0.25, 0.3) is 0 Å². The van der Waals surface area contributed by atoms with Gasteiger partial charge in [-0.2, -0.15) is 0 Å². The number of hydrogen-bond acceptors (Lipinski definition) is 2. The van der Waals surface area contributed by atoms with E-state index in [0.29, 0.717) is 6.42 Å². The number of carbonyl (C=O) groups excluding carboxylic acids is 1.